The predicted molar refractivity (Wildman–Crippen MR) is 132 cm³/mol. The second-order valence-electron chi connectivity index (χ2n) is 9.25. The van der Waals surface area contributed by atoms with Crippen molar-refractivity contribution in [1.29, 1.82) is 0 Å². The number of aromatic nitrogens is 3. The largest absolute Gasteiger partial charge is 0.345 e. The molecule has 4 aromatic rings. The van der Waals surface area contributed by atoms with E-state index in [1.807, 2.05) is 37.5 Å². The summed E-state index contributed by atoms with van der Waals surface area (Å²) in [6.07, 6.45) is 4.84. The van der Waals surface area contributed by atoms with Crippen LogP contribution in [0.4, 0.5) is 0 Å². The average Bonchev–Trinajstić information content (AvgIpc) is 3.22. The van der Waals surface area contributed by atoms with Gasteiger partial charge in [-0.2, -0.15) is 0 Å². The monoisotopic (exact) mass is 439 g/mol. The zero-order valence-electron chi connectivity index (χ0n) is 19.9. The fourth-order valence-corrected chi connectivity index (χ4v) is 4.78. The number of hydrogen-bond donors (Lipinski definition) is 1. The van der Waals surface area contributed by atoms with Gasteiger partial charge < -0.3 is 14.8 Å². The first-order valence-corrected chi connectivity index (χ1v) is 11.3. The van der Waals surface area contributed by atoms with E-state index in [1.54, 1.807) is 19.0 Å². The van der Waals surface area contributed by atoms with Gasteiger partial charge in [0.2, 0.25) is 0 Å². The number of benzene rings is 2. The van der Waals surface area contributed by atoms with Gasteiger partial charge in [0.1, 0.15) is 5.52 Å². The molecule has 0 saturated heterocycles. The average molecular weight is 440 g/mol. The van der Waals surface area contributed by atoms with E-state index >= 15 is 0 Å². The van der Waals surface area contributed by atoms with Crippen molar-refractivity contribution in [3.05, 3.63) is 70.5 Å². The summed E-state index contributed by atoms with van der Waals surface area (Å²) in [7, 11) is 5.72. The highest BCUT2D eigenvalue weighted by atomic mass is 16.2. The molecule has 2 aromatic carbocycles. The molecule has 0 atom stereocenters. The smallest absolute Gasteiger partial charge is 0.253 e. The van der Waals surface area contributed by atoms with E-state index in [2.05, 4.69) is 41.0 Å². The molecule has 1 aliphatic heterocycles. The predicted octanol–water partition coefficient (Wildman–Crippen LogP) is 4.60. The second-order valence-corrected chi connectivity index (χ2v) is 9.25. The summed E-state index contributed by atoms with van der Waals surface area (Å²) in [4.78, 5) is 29.6. The lowest BCUT2D eigenvalue weighted by atomic mass is 9.92. The fraction of sp³-hybridized carbons (Fsp3) is 0.296. The fourth-order valence-electron chi connectivity index (χ4n) is 4.78. The summed E-state index contributed by atoms with van der Waals surface area (Å²) in [5.41, 5.74) is 11.3. The molecule has 0 bridgehead atoms. The Bertz CT molecular complexity index is 1390. The zero-order chi connectivity index (χ0) is 23.3. The lowest BCUT2D eigenvalue weighted by Crippen LogP contribution is -2.27. The van der Waals surface area contributed by atoms with Crippen LogP contribution in [0.25, 0.3) is 33.5 Å². The number of amides is 1. The number of nitrogens with zero attached hydrogens (tertiary/aromatic N) is 4. The van der Waals surface area contributed by atoms with E-state index in [-0.39, 0.29) is 5.91 Å². The molecule has 0 saturated carbocycles. The van der Waals surface area contributed by atoms with Crippen LogP contribution >= 0.6 is 0 Å². The number of aromatic amines is 1. The number of carbonyl (C=O) groups excluding carboxylic acids is 1. The van der Waals surface area contributed by atoms with Gasteiger partial charge in [0.25, 0.3) is 5.91 Å². The summed E-state index contributed by atoms with van der Waals surface area (Å²) in [6.45, 7) is 6.25. The Hall–Kier alpha value is -3.51. The maximum Gasteiger partial charge on any atom is 0.253 e. The molecule has 0 aliphatic carbocycles. The lowest BCUT2D eigenvalue weighted by Gasteiger charge is -2.27. The molecule has 6 nitrogen and oxygen atoms in total. The van der Waals surface area contributed by atoms with Gasteiger partial charge in [-0.1, -0.05) is 12.1 Å². The first-order chi connectivity index (χ1) is 15.8. The van der Waals surface area contributed by atoms with Gasteiger partial charge in [-0.15, -0.1) is 0 Å². The molecule has 5 rings (SSSR count). The van der Waals surface area contributed by atoms with Gasteiger partial charge in [0, 0.05) is 50.1 Å². The van der Waals surface area contributed by atoms with Crippen molar-refractivity contribution in [2.24, 2.45) is 0 Å². The molecule has 6 heteroatoms. The Morgan fingerprint density at radius 2 is 1.97 bits per heavy atom. The summed E-state index contributed by atoms with van der Waals surface area (Å²) in [5, 5.41) is 0. The van der Waals surface area contributed by atoms with Crippen LogP contribution in [0.5, 0.6) is 0 Å². The number of fused-ring (bicyclic) bond motifs is 2. The van der Waals surface area contributed by atoms with E-state index in [0.29, 0.717) is 5.56 Å². The maximum atomic E-state index is 12.6. The molecule has 3 heterocycles. The third-order valence-corrected chi connectivity index (χ3v) is 6.69. The molecule has 2 aromatic heterocycles. The van der Waals surface area contributed by atoms with Gasteiger partial charge in [0.05, 0.1) is 11.9 Å². The Morgan fingerprint density at radius 1 is 1.15 bits per heavy atom. The first-order valence-electron chi connectivity index (χ1n) is 11.3. The highest BCUT2D eigenvalue weighted by molar-refractivity contribution is 5.99. The normalized spacial score (nSPS) is 13.8. The van der Waals surface area contributed by atoms with Crippen LogP contribution in [0.2, 0.25) is 0 Å². The minimum atomic E-state index is -0.00357. The molecule has 33 heavy (non-hydrogen) atoms. The second kappa shape index (κ2) is 8.12. The molecule has 0 radical (unpaired) electrons. The number of likely N-dealkylation sites (N-methyl/N-ethyl adjacent to an activating group) is 1. The van der Waals surface area contributed by atoms with Gasteiger partial charge in [0.15, 0.2) is 5.65 Å². The molecule has 0 fully saturated rings. The summed E-state index contributed by atoms with van der Waals surface area (Å²) in [5.74, 6) is -0.00357. The Balaban J connectivity index is 1.61. The standard InChI is InChI=1S/C27H29N5O/c1-16-11-19(12-18-9-10-32(5)15-23(16)18)24-14-29-26-25(30-24)22(13-28-26)20-7-6-8-21(17(20)2)27(33)31(3)4/h6-8,11-14H,9-10,15H2,1-5H3,(H,28,29). The van der Waals surface area contributed by atoms with Crippen LogP contribution in [0.15, 0.2) is 42.7 Å². The number of nitrogens with one attached hydrogen (secondary N) is 1. The number of hydrogen-bond acceptors (Lipinski definition) is 4. The maximum absolute atomic E-state index is 12.6. The van der Waals surface area contributed by atoms with E-state index in [1.165, 1.54) is 16.7 Å². The van der Waals surface area contributed by atoms with Crippen molar-refractivity contribution in [3.8, 4) is 22.4 Å². The highest BCUT2D eigenvalue weighted by Gasteiger charge is 2.19. The zero-order valence-corrected chi connectivity index (χ0v) is 19.9. The van der Waals surface area contributed by atoms with Crippen LogP contribution in [0.3, 0.4) is 0 Å². The van der Waals surface area contributed by atoms with Gasteiger partial charge in [-0.25, -0.2) is 9.97 Å². The van der Waals surface area contributed by atoms with Crippen LogP contribution in [-0.2, 0) is 13.0 Å². The SMILES string of the molecule is Cc1cc(-c2cnc3[nH]cc(-c4cccc(C(=O)N(C)C)c4C)c3n2)cc2c1CN(C)CC2. The quantitative estimate of drug-likeness (QED) is 0.507. The van der Waals surface area contributed by atoms with Gasteiger partial charge in [-0.3, -0.25) is 4.79 Å². The molecular formula is C27H29N5O. The molecule has 168 valence electrons. The van der Waals surface area contributed by atoms with E-state index in [0.717, 1.165) is 58.6 Å². The van der Waals surface area contributed by atoms with Crippen molar-refractivity contribution < 1.29 is 4.79 Å². The van der Waals surface area contributed by atoms with Crippen molar-refractivity contribution in [2.75, 3.05) is 27.7 Å². The van der Waals surface area contributed by atoms with Crippen molar-refractivity contribution in [3.63, 3.8) is 0 Å². The van der Waals surface area contributed by atoms with Gasteiger partial charge >= 0.3 is 0 Å². The third-order valence-electron chi connectivity index (χ3n) is 6.69. The summed E-state index contributed by atoms with van der Waals surface area (Å²) >= 11 is 0. The first kappa shape index (κ1) is 21.3. The molecular weight excluding hydrogens is 410 g/mol. The van der Waals surface area contributed by atoms with Crippen LogP contribution in [0, 0.1) is 13.8 Å². The van der Waals surface area contributed by atoms with Crippen LogP contribution < -0.4 is 0 Å². The van der Waals surface area contributed by atoms with E-state index < -0.39 is 0 Å². The number of aryl methyl sites for hydroxylation is 1. The Kier molecular flexibility index (Phi) is 5.25. The minimum Gasteiger partial charge on any atom is -0.345 e. The van der Waals surface area contributed by atoms with Crippen molar-refractivity contribution in [2.45, 2.75) is 26.8 Å². The molecule has 0 unspecified atom stereocenters. The van der Waals surface area contributed by atoms with Gasteiger partial charge in [-0.05, 0) is 73.3 Å². The molecule has 0 spiro atoms. The summed E-state index contributed by atoms with van der Waals surface area (Å²) in [6, 6.07) is 10.3. The Labute approximate surface area is 194 Å². The lowest BCUT2D eigenvalue weighted by molar-refractivity contribution is 0.0827. The molecule has 1 N–H and O–H groups in total. The number of rotatable bonds is 3. The third kappa shape index (κ3) is 3.70. The van der Waals surface area contributed by atoms with E-state index in [4.69, 9.17) is 4.98 Å². The Morgan fingerprint density at radius 3 is 2.76 bits per heavy atom. The highest BCUT2D eigenvalue weighted by Crippen LogP contribution is 2.33. The van der Waals surface area contributed by atoms with Crippen LogP contribution in [0.1, 0.15) is 32.6 Å². The molecule has 1 amide bonds. The summed E-state index contributed by atoms with van der Waals surface area (Å²) < 4.78 is 0. The number of H-pyrrole nitrogens is 1. The topological polar surface area (TPSA) is 65.1 Å². The van der Waals surface area contributed by atoms with Crippen molar-refractivity contribution >= 4 is 17.1 Å². The number of carbonyl (C=O) groups is 1. The van der Waals surface area contributed by atoms with Crippen LogP contribution in [-0.4, -0.2) is 58.3 Å². The van der Waals surface area contributed by atoms with E-state index in [9.17, 15) is 4.79 Å². The van der Waals surface area contributed by atoms with Crippen molar-refractivity contribution in [1.82, 2.24) is 24.8 Å². The minimum absolute atomic E-state index is 0.00357. The molecule has 1 aliphatic rings.